The first-order valence-corrected chi connectivity index (χ1v) is 10.6. The van der Waals surface area contributed by atoms with Crippen LogP contribution in [0.5, 0.6) is 0 Å². The van der Waals surface area contributed by atoms with Crippen LogP contribution in [0.4, 0.5) is 8.78 Å². The van der Waals surface area contributed by atoms with Crippen LogP contribution in [0.15, 0.2) is 6.58 Å². The van der Waals surface area contributed by atoms with Crippen LogP contribution in [0.2, 0.25) is 0 Å². The molecule has 0 spiro atoms. The first kappa shape index (κ1) is 22.1. The van der Waals surface area contributed by atoms with Crippen molar-refractivity contribution in [2.24, 2.45) is 0 Å². The van der Waals surface area contributed by atoms with E-state index in [-0.39, 0.29) is 17.3 Å². The van der Waals surface area contributed by atoms with Crippen molar-refractivity contribution in [1.82, 2.24) is 9.80 Å². The number of imide groups is 1. The molecule has 7 heteroatoms. The molecule has 0 saturated carbocycles. The van der Waals surface area contributed by atoms with Crippen molar-refractivity contribution in [3.8, 4) is 0 Å². The van der Waals surface area contributed by atoms with Crippen LogP contribution in [-0.4, -0.2) is 39.6 Å². The molecule has 5 nitrogen and oxygen atoms in total. The third-order valence-corrected chi connectivity index (χ3v) is 6.09. The summed E-state index contributed by atoms with van der Waals surface area (Å²) in [5.74, 6) is -4.60. The maximum Gasteiger partial charge on any atom is 0.264 e. The fourth-order valence-electron chi connectivity index (χ4n) is 4.38. The first-order chi connectivity index (χ1) is 14.2. The summed E-state index contributed by atoms with van der Waals surface area (Å²) < 4.78 is 30.9. The van der Waals surface area contributed by atoms with Gasteiger partial charge in [-0.25, -0.2) is 8.78 Å². The Hall–Kier alpha value is -2.57. The average Bonchev–Trinajstić information content (AvgIpc) is 3.12. The van der Waals surface area contributed by atoms with Gasteiger partial charge >= 0.3 is 0 Å². The predicted molar refractivity (Wildman–Crippen MR) is 110 cm³/mol. The average molecular weight is 418 g/mol. The fourth-order valence-corrected chi connectivity index (χ4v) is 4.38. The molecule has 2 aliphatic rings. The molecule has 2 aliphatic heterocycles. The molecule has 162 valence electrons. The van der Waals surface area contributed by atoms with E-state index in [0.717, 1.165) is 30.6 Å². The highest BCUT2D eigenvalue weighted by molar-refractivity contribution is 6.24. The third-order valence-electron chi connectivity index (χ3n) is 6.09. The van der Waals surface area contributed by atoms with Crippen molar-refractivity contribution in [1.29, 1.82) is 0 Å². The van der Waals surface area contributed by atoms with Crippen LogP contribution in [-0.2, 0) is 0 Å². The molecule has 0 aliphatic carbocycles. The van der Waals surface area contributed by atoms with E-state index >= 15 is 8.78 Å². The monoisotopic (exact) mass is 418 g/mol. The van der Waals surface area contributed by atoms with Crippen molar-refractivity contribution in [3.63, 3.8) is 0 Å². The summed E-state index contributed by atoms with van der Waals surface area (Å²) in [5, 5.41) is 0. The second kappa shape index (κ2) is 8.28. The van der Waals surface area contributed by atoms with E-state index in [4.69, 9.17) is 0 Å². The van der Waals surface area contributed by atoms with Gasteiger partial charge in [0.15, 0.2) is 0 Å². The van der Waals surface area contributed by atoms with E-state index in [2.05, 4.69) is 6.58 Å². The molecular weight excluding hydrogens is 390 g/mol. The van der Waals surface area contributed by atoms with Crippen LogP contribution in [0, 0.1) is 11.6 Å². The topological polar surface area (TPSA) is 57.7 Å². The largest absolute Gasteiger partial charge is 0.305 e. The second-order valence-electron chi connectivity index (χ2n) is 8.21. The summed E-state index contributed by atoms with van der Waals surface area (Å²) >= 11 is 0. The Morgan fingerprint density at radius 2 is 1.10 bits per heavy atom. The van der Waals surface area contributed by atoms with E-state index in [1.807, 2.05) is 13.8 Å². The van der Waals surface area contributed by atoms with Crippen molar-refractivity contribution < 1.29 is 23.2 Å². The maximum absolute atomic E-state index is 15.5. The zero-order valence-corrected chi connectivity index (χ0v) is 18.0. The lowest BCUT2D eigenvalue weighted by molar-refractivity contribution is 0.0586. The quantitative estimate of drug-likeness (QED) is 0.549. The number of unbranched alkanes of at least 4 members (excludes halogenated alkanes) is 2. The molecule has 30 heavy (non-hydrogen) atoms. The minimum atomic E-state index is -1.12. The molecule has 0 aromatic heterocycles. The Balaban J connectivity index is 2.08. The normalized spacial score (nSPS) is 17.7. The van der Waals surface area contributed by atoms with E-state index in [1.165, 1.54) is 4.90 Å². The maximum atomic E-state index is 15.5. The zero-order valence-electron chi connectivity index (χ0n) is 18.0. The molecule has 1 aromatic rings. The van der Waals surface area contributed by atoms with Gasteiger partial charge in [-0.3, -0.25) is 19.3 Å². The van der Waals surface area contributed by atoms with Gasteiger partial charge in [0.05, 0.1) is 22.3 Å². The molecule has 0 N–H and O–H groups in total. The number of hydrogen-bond donors (Lipinski definition) is 0. The molecule has 0 radical (unpaired) electrons. The van der Waals surface area contributed by atoms with Gasteiger partial charge in [-0.2, -0.15) is 0 Å². The molecular formula is C23H28F2N2O3. The first-order valence-electron chi connectivity index (χ1n) is 10.6. The van der Waals surface area contributed by atoms with Crippen molar-refractivity contribution in [2.45, 2.75) is 78.3 Å². The number of hydrogen-bond acceptors (Lipinski definition) is 3. The standard InChI is InChI=1S/C23H28F2N2O3/c1-6-8-10-12(3)26-14(5)15-16(21(26)28)20(25)18-17(19(15)24)22(29)27(23(18)30)13(4)11-9-7-2/h12-13H,5-11H2,1-4H3/t12-,13-/m1/s1. The predicted octanol–water partition coefficient (Wildman–Crippen LogP) is 5.14. The van der Waals surface area contributed by atoms with Crippen LogP contribution >= 0.6 is 0 Å². The number of amides is 3. The molecule has 1 aromatic carbocycles. The molecule has 2 atom stereocenters. The van der Waals surface area contributed by atoms with Crippen LogP contribution in [0.25, 0.3) is 5.70 Å². The van der Waals surface area contributed by atoms with Gasteiger partial charge in [0.25, 0.3) is 17.7 Å². The summed E-state index contributed by atoms with van der Waals surface area (Å²) in [5.41, 5.74) is -1.98. The summed E-state index contributed by atoms with van der Waals surface area (Å²) in [4.78, 5) is 40.9. The number of benzene rings is 1. The van der Waals surface area contributed by atoms with Gasteiger partial charge < -0.3 is 4.90 Å². The lowest BCUT2D eigenvalue weighted by Gasteiger charge is -2.25. The Bertz CT molecular complexity index is 809. The Morgan fingerprint density at radius 1 is 0.733 bits per heavy atom. The second-order valence-corrected chi connectivity index (χ2v) is 8.21. The van der Waals surface area contributed by atoms with Crippen LogP contribution in [0.1, 0.15) is 103 Å². The van der Waals surface area contributed by atoms with E-state index in [1.54, 1.807) is 13.8 Å². The highest BCUT2D eigenvalue weighted by Gasteiger charge is 2.49. The van der Waals surface area contributed by atoms with Gasteiger partial charge in [0.2, 0.25) is 0 Å². The lowest BCUT2D eigenvalue weighted by Crippen LogP contribution is -2.38. The molecule has 0 bridgehead atoms. The highest BCUT2D eigenvalue weighted by atomic mass is 19.1. The van der Waals surface area contributed by atoms with Crippen molar-refractivity contribution >= 4 is 23.4 Å². The van der Waals surface area contributed by atoms with Gasteiger partial charge in [-0.15, -0.1) is 0 Å². The fraction of sp³-hybridized carbons (Fsp3) is 0.522. The Labute approximate surface area is 175 Å². The zero-order chi connectivity index (χ0) is 22.3. The van der Waals surface area contributed by atoms with Gasteiger partial charge in [-0.05, 0) is 26.7 Å². The van der Waals surface area contributed by atoms with Gasteiger partial charge in [0.1, 0.15) is 11.6 Å². The summed E-state index contributed by atoms with van der Waals surface area (Å²) in [6.07, 6.45) is 4.59. The Kier molecular flexibility index (Phi) is 6.11. The molecule has 0 fully saturated rings. The van der Waals surface area contributed by atoms with E-state index < -0.39 is 52.1 Å². The van der Waals surface area contributed by atoms with Crippen LogP contribution in [0.3, 0.4) is 0 Å². The molecule has 3 amide bonds. The summed E-state index contributed by atoms with van der Waals surface area (Å²) in [6.45, 7) is 11.3. The number of fused-ring (bicyclic) bond motifs is 2. The minimum absolute atomic E-state index is 0.0375. The van der Waals surface area contributed by atoms with Gasteiger partial charge in [0, 0.05) is 17.8 Å². The van der Waals surface area contributed by atoms with Gasteiger partial charge in [-0.1, -0.05) is 46.1 Å². The van der Waals surface area contributed by atoms with Crippen molar-refractivity contribution in [3.05, 3.63) is 40.5 Å². The number of carbonyl (C=O) groups is 3. The Morgan fingerprint density at radius 3 is 1.57 bits per heavy atom. The SMILES string of the molecule is C=C1c2c(F)c3c(c(F)c2C(=O)N1[C@H](C)CCCC)C(=O)N([C@H](C)CCCC)C3=O. The van der Waals surface area contributed by atoms with E-state index in [9.17, 15) is 14.4 Å². The van der Waals surface area contributed by atoms with E-state index in [0.29, 0.717) is 12.8 Å². The summed E-state index contributed by atoms with van der Waals surface area (Å²) in [7, 11) is 0. The molecule has 3 rings (SSSR count). The number of rotatable bonds is 8. The number of halogens is 2. The third kappa shape index (κ3) is 3.15. The van der Waals surface area contributed by atoms with Crippen LogP contribution < -0.4 is 0 Å². The molecule has 0 unspecified atom stereocenters. The molecule has 2 heterocycles. The smallest absolute Gasteiger partial charge is 0.264 e. The van der Waals surface area contributed by atoms with Crippen molar-refractivity contribution in [2.75, 3.05) is 0 Å². The number of nitrogens with zero attached hydrogens (tertiary/aromatic N) is 2. The molecule has 0 saturated heterocycles. The summed E-state index contributed by atoms with van der Waals surface area (Å²) in [6, 6.07) is -0.793. The highest BCUT2D eigenvalue weighted by Crippen LogP contribution is 2.43. The lowest BCUT2D eigenvalue weighted by atomic mass is 9.98. The number of carbonyl (C=O) groups excluding carboxylic acids is 3. The minimum Gasteiger partial charge on any atom is -0.305 e.